The molecule has 2 aromatic heterocycles. The molecule has 1 fully saturated rings. The van der Waals surface area contributed by atoms with Crippen LogP contribution in [-0.4, -0.2) is 50.7 Å². The van der Waals surface area contributed by atoms with E-state index in [9.17, 15) is 13.2 Å². The van der Waals surface area contributed by atoms with Crippen molar-refractivity contribution < 1.29 is 13.2 Å². The summed E-state index contributed by atoms with van der Waals surface area (Å²) in [4.78, 5) is 16.1. The van der Waals surface area contributed by atoms with Gasteiger partial charge in [0.15, 0.2) is 20.8 Å². The second kappa shape index (κ2) is 7.36. The van der Waals surface area contributed by atoms with Crippen molar-refractivity contribution in [1.82, 2.24) is 19.7 Å². The van der Waals surface area contributed by atoms with Crippen molar-refractivity contribution in [2.24, 2.45) is 13.0 Å². The maximum atomic E-state index is 12.9. The number of benzene rings is 1. The molecule has 1 aromatic carbocycles. The summed E-state index contributed by atoms with van der Waals surface area (Å²) in [5, 5.41) is 9.72. The van der Waals surface area contributed by atoms with Crippen molar-refractivity contribution in [3.05, 3.63) is 41.9 Å². The van der Waals surface area contributed by atoms with Gasteiger partial charge in [-0.25, -0.2) is 8.42 Å². The summed E-state index contributed by atoms with van der Waals surface area (Å²) in [6.45, 7) is 1.87. The molecular formula is C19H22N4O3S2. The van der Waals surface area contributed by atoms with Crippen molar-refractivity contribution in [3.63, 3.8) is 0 Å². The Balaban J connectivity index is 1.47. The molecule has 0 bridgehead atoms. The van der Waals surface area contributed by atoms with Crippen LogP contribution in [0.3, 0.4) is 0 Å². The summed E-state index contributed by atoms with van der Waals surface area (Å²) in [6, 6.07) is 7.74. The average Bonchev–Trinajstić information content (AvgIpc) is 3.34. The molecule has 3 aromatic rings. The lowest BCUT2D eigenvalue weighted by Gasteiger charge is -2.10. The van der Waals surface area contributed by atoms with Crippen LogP contribution in [0.1, 0.15) is 29.5 Å². The number of para-hydroxylation sites is 1. The molecule has 2 atom stereocenters. The number of ketones is 1. The van der Waals surface area contributed by atoms with Crippen LogP contribution in [0.25, 0.3) is 10.9 Å². The lowest BCUT2D eigenvalue weighted by atomic mass is 10.1. The molecular weight excluding hydrogens is 396 g/mol. The lowest BCUT2D eigenvalue weighted by Crippen LogP contribution is -2.14. The van der Waals surface area contributed by atoms with Crippen molar-refractivity contribution in [2.45, 2.75) is 30.2 Å². The first-order chi connectivity index (χ1) is 13.3. The highest BCUT2D eigenvalue weighted by Gasteiger charge is 2.29. The number of aromatic amines is 1. The van der Waals surface area contributed by atoms with Gasteiger partial charge in [-0.2, -0.15) is 0 Å². The van der Waals surface area contributed by atoms with Gasteiger partial charge in [-0.15, -0.1) is 10.2 Å². The number of carbonyl (C=O) groups is 1. The monoisotopic (exact) mass is 418 g/mol. The highest BCUT2D eigenvalue weighted by atomic mass is 32.2. The molecule has 3 heterocycles. The van der Waals surface area contributed by atoms with Gasteiger partial charge in [-0.05, 0) is 25.3 Å². The summed E-state index contributed by atoms with van der Waals surface area (Å²) in [6.07, 6.45) is 3.02. The fourth-order valence-corrected chi connectivity index (χ4v) is 6.39. The molecule has 4 rings (SSSR count). The Kier molecular flexibility index (Phi) is 5.05. The molecule has 1 N–H and O–H groups in total. The molecule has 28 heavy (non-hydrogen) atoms. The van der Waals surface area contributed by atoms with Gasteiger partial charge in [0.05, 0.1) is 16.8 Å². The van der Waals surface area contributed by atoms with Crippen LogP contribution in [0, 0.1) is 5.92 Å². The van der Waals surface area contributed by atoms with E-state index in [1.54, 1.807) is 6.20 Å². The number of thioether (sulfide) groups is 1. The van der Waals surface area contributed by atoms with E-state index in [1.807, 2.05) is 42.8 Å². The Labute approximate surface area is 167 Å². The molecule has 7 nitrogen and oxygen atoms in total. The highest BCUT2D eigenvalue weighted by Crippen LogP contribution is 2.28. The summed E-state index contributed by atoms with van der Waals surface area (Å²) in [5.41, 5.74) is 1.62. The fraction of sp³-hybridized carbons (Fsp3) is 0.421. The zero-order chi connectivity index (χ0) is 19.9. The number of nitrogens with one attached hydrogen (secondary N) is 1. The van der Waals surface area contributed by atoms with Crippen LogP contribution in [0.15, 0.2) is 35.6 Å². The van der Waals surface area contributed by atoms with Crippen molar-refractivity contribution in [1.29, 1.82) is 0 Å². The molecule has 0 saturated carbocycles. The molecule has 0 spiro atoms. The van der Waals surface area contributed by atoms with Gasteiger partial charge in [0.2, 0.25) is 0 Å². The number of H-pyrrole nitrogens is 1. The first kappa shape index (κ1) is 19.2. The van der Waals surface area contributed by atoms with Crippen LogP contribution < -0.4 is 0 Å². The van der Waals surface area contributed by atoms with E-state index >= 15 is 0 Å². The zero-order valence-corrected chi connectivity index (χ0v) is 17.4. The topological polar surface area (TPSA) is 97.7 Å². The third-order valence-electron chi connectivity index (χ3n) is 5.23. The smallest absolute Gasteiger partial charge is 0.191 e. The fourth-order valence-electron chi connectivity index (χ4n) is 3.62. The minimum absolute atomic E-state index is 0.0360. The Hall–Kier alpha value is -2.13. The van der Waals surface area contributed by atoms with Crippen molar-refractivity contribution in [3.8, 4) is 0 Å². The molecule has 0 radical (unpaired) electrons. The lowest BCUT2D eigenvalue weighted by molar-refractivity contribution is 0.0995. The van der Waals surface area contributed by atoms with E-state index in [4.69, 9.17) is 0 Å². The van der Waals surface area contributed by atoms with Crippen LogP contribution in [0.5, 0.6) is 0 Å². The number of hydrogen-bond donors (Lipinski definition) is 1. The Morgan fingerprint density at radius 2 is 2.14 bits per heavy atom. The minimum Gasteiger partial charge on any atom is -0.360 e. The summed E-state index contributed by atoms with van der Waals surface area (Å²) < 4.78 is 25.2. The predicted molar refractivity (Wildman–Crippen MR) is 109 cm³/mol. The summed E-state index contributed by atoms with van der Waals surface area (Å²) >= 11 is 1.37. The van der Waals surface area contributed by atoms with E-state index in [-0.39, 0.29) is 28.5 Å². The maximum Gasteiger partial charge on any atom is 0.191 e. The van der Waals surface area contributed by atoms with Crippen molar-refractivity contribution >= 4 is 38.3 Å². The number of sulfone groups is 1. The molecule has 1 aliphatic rings. The number of hydrogen-bond acceptors (Lipinski definition) is 6. The number of rotatable bonds is 6. The first-order valence-corrected chi connectivity index (χ1v) is 11.9. The van der Waals surface area contributed by atoms with Gasteiger partial charge in [-0.1, -0.05) is 30.0 Å². The first-order valence-electron chi connectivity index (χ1n) is 9.20. The van der Waals surface area contributed by atoms with Gasteiger partial charge in [-0.3, -0.25) is 4.79 Å². The SMILES string of the molecule is C[C@H](Sc1nnc(C[C@@H]2CCS(=O)(=O)C2)n1C)C(=O)c1c[nH]c2ccccc12. The number of carbonyl (C=O) groups excluding carboxylic acids is 1. The molecule has 0 aliphatic carbocycles. The third-order valence-corrected chi connectivity index (χ3v) is 8.20. The maximum absolute atomic E-state index is 12.9. The molecule has 148 valence electrons. The molecule has 0 amide bonds. The largest absolute Gasteiger partial charge is 0.360 e. The van der Waals surface area contributed by atoms with Gasteiger partial charge >= 0.3 is 0 Å². The second-order valence-electron chi connectivity index (χ2n) is 7.30. The normalized spacial score (nSPS) is 19.9. The van der Waals surface area contributed by atoms with Gasteiger partial charge in [0.1, 0.15) is 5.82 Å². The zero-order valence-electron chi connectivity index (χ0n) is 15.8. The van der Waals surface area contributed by atoms with Crippen molar-refractivity contribution in [2.75, 3.05) is 11.5 Å². The van der Waals surface area contributed by atoms with Crippen LogP contribution in [0.4, 0.5) is 0 Å². The minimum atomic E-state index is -2.91. The number of fused-ring (bicyclic) bond motifs is 1. The van der Waals surface area contributed by atoms with Gasteiger partial charge in [0.25, 0.3) is 0 Å². The van der Waals surface area contributed by atoms with Crippen LogP contribution in [-0.2, 0) is 23.3 Å². The predicted octanol–water partition coefficient (Wildman–Crippen LogP) is 2.64. The summed E-state index contributed by atoms with van der Waals surface area (Å²) in [7, 11) is -1.04. The van der Waals surface area contributed by atoms with Gasteiger partial charge < -0.3 is 9.55 Å². The third kappa shape index (κ3) is 3.73. The van der Waals surface area contributed by atoms with E-state index in [1.165, 1.54) is 11.8 Å². The van der Waals surface area contributed by atoms with E-state index in [0.717, 1.165) is 16.7 Å². The number of aromatic nitrogens is 4. The number of Topliss-reactive ketones (excluding diaryl/α,β-unsaturated/α-hetero) is 1. The molecule has 0 unspecified atom stereocenters. The molecule has 1 saturated heterocycles. The summed E-state index contributed by atoms with van der Waals surface area (Å²) in [5.74, 6) is 1.37. The standard InChI is InChI=1S/C19H22N4O3S2/c1-12(18(24)15-10-20-16-6-4-3-5-14(15)16)27-19-22-21-17(23(19)2)9-13-7-8-28(25,26)11-13/h3-6,10,12-13,20H,7-9,11H2,1-2H3/t12-,13-/m0/s1. The Morgan fingerprint density at radius 3 is 2.89 bits per heavy atom. The number of nitrogens with zero attached hydrogens (tertiary/aromatic N) is 3. The van der Waals surface area contributed by atoms with E-state index in [0.29, 0.717) is 23.6 Å². The van der Waals surface area contributed by atoms with Crippen LogP contribution in [0.2, 0.25) is 0 Å². The van der Waals surface area contributed by atoms with E-state index < -0.39 is 9.84 Å². The Morgan fingerprint density at radius 1 is 1.36 bits per heavy atom. The second-order valence-corrected chi connectivity index (χ2v) is 10.8. The van der Waals surface area contributed by atoms with Crippen LogP contribution >= 0.6 is 11.8 Å². The molecule has 9 heteroatoms. The van der Waals surface area contributed by atoms with E-state index in [2.05, 4.69) is 15.2 Å². The quantitative estimate of drug-likeness (QED) is 0.488. The molecule has 1 aliphatic heterocycles. The average molecular weight is 419 g/mol. The highest BCUT2D eigenvalue weighted by molar-refractivity contribution is 8.00. The van der Waals surface area contributed by atoms with Gasteiger partial charge in [0, 0.05) is 36.1 Å². The Bertz CT molecular complexity index is 1130.